The Morgan fingerprint density at radius 3 is 2.64 bits per heavy atom. The SMILES string of the molecule is COC(=O)CNS(=O)c1ccc(Cn2c(C)nc3ccccc32)cc1. The number of carbonyl (C=O) groups is 1. The third-order valence-electron chi connectivity index (χ3n) is 3.90. The van der Waals surface area contributed by atoms with Crippen molar-refractivity contribution in [1.29, 1.82) is 0 Å². The summed E-state index contributed by atoms with van der Waals surface area (Å²) < 4.78 is 21.4. The fourth-order valence-corrected chi connectivity index (χ4v) is 3.38. The summed E-state index contributed by atoms with van der Waals surface area (Å²) in [6, 6.07) is 15.5. The van der Waals surface area contributed by atoms with Crippen molar-refractivity contribution >= 4 is 28.0 Å². The molecule has 0 bridgehead atoms. The third kappa shape index (κ3) is 3.94. The molecule has 0 radical (unpaired) electrons. The molecule has 0 saturated carbocycles. The molecule has 1 unspecified atom stereocenters. The van der Waals surface area contributed by atoms with Gasteiger partial charge in [-0.1, -0.05) is 24.3 Å². The van der Waals surface area contributed by atoms with E-state index in [0.29, 0.717) is 11.4 Å². The number of aromatic nitrogens is 2. The Bertz CT molecular complexity index is 919. The van der Waals surface area contributed by atoms with E-state index in [4.69, 9.17) is 0 Å². The van der Waals surface area contributed by atoms with Crippen LogP contribution in [0.5, 0.6) is 0 Å². The van der Waals surface area contributed by atoms with Crippen LogP contribution in [0.2, 0.25) is 0 Å². The second-order valence-electron chi connectivity index (χ2n) is 5.54. The van der Waals surface area contributed by atoms with Gasteiger partial charge in [0.15, 0.2) is 0 Å². The average Bonchev–Trinajstić information content (AvgIpc) is 2.95. The molecule has 25 heavy (non-hydrogen) atoms. The molecule has 3 rings (SSSR count). The van der Waals surface area contributed by atoms with Crippen LogP contribution in [0.25, 0.3) is 11.0 Å². The number of para-hydroxylation sites is 2. The average molecular weight is 357 g/mol. The fourth-order valence-electron chi connectivity index (χ4n) is 2.58. The minimum Gasteiger partial charge on any atom is -0.468 e. The number of hydrogen-bond donors (Lipinski definition) is 1. The van der Waals surface area contributed by atoms with Crippen molar-refractivity contribution < 1.29 is 13.7 Å². The highest BCUT2D eigenvalue weighted by Gasteiger charge is 2.09. The summed E-state index contributed by atoms with van der Waals surface area (Å²) in [5.41, 5.74) is 3.15. The molecule has 1 aromatic heterocycles. The molecule has 0 aliphatic heterocycles. The molecule has 6 nitrogen and oxygen atoms in total. The van der Waals surface area contributed by atoms with Gasteiger partial charge in [-0.2, -0.15) is 0 Å². The monoisotopic (exact) mass is 357 g/mol. The van der Waals surface area contributed by atoms with Crippen molar-refractivity contribution in [2.75, 3.05) is 13.7 Å². The first-order valence-electron chi connectivity index (χ1n) is 7.81. The number of esters is 1. The lowest BCUT2D eigenvalue weighted by molar-refractivity contribution is -0.139. The molecule has 0 spiro atoms. The van der Waals surface area contributed by atoms with Crippen molar-refractivity contribution in [2.45, 2.75) is 18.4 Å². The van der Waals surface area contributed by atoms with E-state index < -0.39 is 17.0 Å². The Kier molecular flexibility index (Phi) is 5.25. The second-order valence-corrected chi connectivity index (χ2v) is 6.84. The number of fused-ring (bicyclic) bond motifs is 1. The van der Waals surface area contributed by atoms with Crippen LogP contribution in [0, 0.1) is 6.92 Å². The van der Waals surface area contributed by atoms with E-state index in [1.54, 1.807) is 12.1 Å². The summed E-state index contributed by atoms with van der Waals surface area (Å²) in [4.78, 5) is 16.3. The predicted octanol–water partition coefficient (Wildman–Crippen LogP) is 2.18. The van der Waals surface area contributed by atoms with Gasteiger partial charge in [-0.15, -0.1) is 0 Å². The molecular formula is C18H19N3O3S. The number of nitrogens with one attached hydrogen (secondary N) is 1. The lowest BCUT2D eigenvalue weighted by Crippen LogP contribution is -2.25. The summed E-state index contributed by atoms with van der Waals surface area (Å²) in [5.74, 6) is 0.501. The van der Waals surface area contributed by atoms with Gasteiger partial charge in [0.05, 0.1) is 23.0 Å². The molecule has 0 aliphatic rings. The Hall–Kier alpha value is -2.51. The molecule has 0 aliphatic carbocycles. The number of methoxy groups -OCH3 is 1. The molecule has 0 fully saturated rings. The molecule has 130 valence electrons. The van der Waals surface area contributed by atoms with Crippen LogP contribution in [0.4, 0.5) is 0 Å². The number of carbonyl (C=O) groups excluding carboxylic acids is 1. The van der Waals surface area contributed by atoms with Crippen LogP contribution < -0.4 is 4.72 Å². The minimum absolute atomic E-state index is 0.0922. The smallest absolute Gasteiger partial charge is 0.320 e. The maximum Gasteiger partial charge on any atom is 0.320 e. The molecule has 1 N–H and O–H groups in total. The number of aryl methyl sites for hydroxylation is 1. The summed E-state index contributed by atoms with van der Waals surface area (Å²) in [5, 5.41) is 0. The predicted molar refractivity (Wildman–Crippen MR) is 96.4 cm³/mol. The topological polar surface area (TPSA) is 73.2 Å². The van der Waals surface area contributed by atoms with Gasteiger partial charge in [-0.25, -0.2) is 13.9 Å². The molecular weight excluding hydrogens is 338 g/mol. The van der Waals surface area contributed by atoms with Gasteiger partial charge in [0.25, 0.3) is 0 Å². The molecule has 7 heteroatoms. The lowest BCUT2D eigenvalue weighted by Gasteiger charge is -2.08. The van der Waals surface area contributed by atoms with E-state index in [9.17, 15) is 9.00 Å². The van der Waals surface area contributed by atoms with Crippen LogP contribution in [0.15, 0.2) is 53.4 Å². The van der Waals surface area contributed by atoms with E-state index in [2.05, 4.69) is 25.1 Å². The second kappa shape index (κ2) is 7.58. The van der Waals surface area contributed by atoms with Gasteiger partial charge in [0, 0.05) is 6.54 Å². The van der Waals surface area contributed by atoms with Gasteiger partial charge in [0.2, 0.25) is 0 Å². The van der Waals surface area contributed by atoms with E-state index in [1.165, 1.54) is 7.11 Å². The number of rotatable bonds is 6. The molecule has 0 amide bonds. The first-order chi connectivity index (χ1) is 12.1. The van der Waals surface area contributed by atoms with E-state index in [1.807, 2.05) is 37.3 Å². The van der Waals surface area contributed by atoms with Crippen LogP contribution in [-0.4, -0.2) is 33.4 Å². The summed E-state index contributed by atoms with van der Waals surface area (Å²) in [6.45, 7) is 2.58. The third-order valence-corrected chi connectivity index (χ3v) is 5.01. The highest BCUT2D eigenvalue weighted by atomic mass is 32.2. The van der Waals surface area contributed by atoms with Gasteiger partial charge in [-0.05, 0) is 36.8 Å². The van der Waals surface area contributed by atoms with E-state index >= 15 is 0 Å². The van der Waals surface area contributed by atoms with Crippen molar-refractivity contribution in [2.24, 2.45) is 0 Å². The van der Waals surface area contributed by atoms with Crippen molar-refractivity contribution in [3.8, 4) is 0 Å². The van der Waals surface area contributed by atoms with Crippen molar-refractivity contribution in [3.05, 3.63) is 59.9 Å². The van der Waals surface area contributed by atoms with Crippen LogP contribution in [-0.2, 0) is 27.1 Å². The Morgan fingerprint density at radius 1 is 1.20 bits per heavy atom. The first kappa shape index (κ1) is 17.3. The molecule has 0 saturated heterocycles. The number of ether oxygens (including phenoxy) is 1. The Labute approximate surface area is 148 Å². The number of hydrogen-bond acceptors (Lipinski definition) is 4. The summed E-state index contributed by atoms with van der Waals surface area (Å²) in [6.07, 6.45) is 0. The van der Waals surface area contributed by atoms with Gasteiger partial charge in [0.1, 0.15) is 23.4 Å². The van der Waals surface area contributed by atoms with Gasteiger partial charge >= 0.3 is 5.97 Å². The summed E-state index contributed by atoms with van der Waals surface area (Å²) in [7, 11) is -0.154. The standard InChI is InChI=1S/C18H19N3O3S/c1-13-20-16-5-3-4-6-17(16)21(13)12-14-7-9-15(10-8-14)25(23)19-11-18(22)24-2/h3-10,19H,11-12H2,1-2H3. The Morgan fingerprint density at radius 2 is 1.92 bits per heavy atom. The normalized spacial score (nSPS) is 12.2. The van der Waals surface area contributed by atoms with Crippen LogP contribution >= 0.6 is 0 Å². The Balaban J connectivity index is 1.73. The molecule has 1 heterocycles. The number of nitrogens with zero attached hydrogens (tertiary/aromatic N) is 2. The van der Waals surface area contributed by atoms with Crippen LogP contribution in [0.1, 0.15) is 11.4 Å². The molecule has 1 atom stereocenters. The van der Waals surface area contributed by atoms with Gasteiger partial charge in [-0.3, -0.25) is 4.79 Å². The fraction of sp³-hybridized carbons (Fsp3) is 0.222. The minimum atomic E-state index is -1.45. The molecule has 3 aromatic rings. The number of benzene rings is 2. The quantitative estimate of drug-likeness (QED) is 0.686. The van der Waals surface area contributed by atoms with Crippen molar-refractivity contribution in [1.82, 2.24) is 14.3 Å². The van der Waals surface area contributed by atoms with Crippen molar-refractivity contribution in [3.63, 3.8) is 0 Å². The maximum atomic E-state index is 12.1. The van der Waals surface area contributed by atoms with Gasteiger partial charge < -0.3 is 9.30 Å². The maximum absolute atomic E-state index is 12.1. The zero-order chi connectivity index (χ0) is 17.8. The highest BCUT2D eigenvalue weighted by Crippen LogP contribution is 2.18. The lowest BCUT2D eigenvalue weighted by atomic mass is 10.2. The zero-order valence-corrected chi connectivity index (χ0v) is 14.9. The summed E-state index contributed by atoms with van der Waals surface area (Å²) >= 11 is 0. The first-order valence-corrected chi connectivity index (χ1v) is 8.96. The highest BCUT2D eigenvalue weighted by molar-refractivity contribution is 7.83. The van der Waals surface area contributed by atoms with E-state index in [0.717, 1.165) is 22.4 Å². The molecule has 2 aromatic carbocycles. The zero-order valence-electron chi connectivity index (χ0n) is 14.1. The van der Waals surface area contributed by atoms with E-state index in [-0.39, 0.29) is 6.54 Å². The van der Waals surface area contributed by atoms with Crippen LogP contribution in [0.3, 0.4) is 0 Å². The largest absolute Gasteiger partial charge is 0.468 e. The number of imidazole rings is 1.